The van der Waals surface area contributed by atoms with Crippen LogP contribution < -0.4 is 5.32 Å². The quantitative estimate of drug-likeness (QED) is 0.843. The van der Waals surface area contributed by atoms with Gasteiger partial charge in [-0.3, -0.25) is 0 Å². The molecule has 2 heterocycles. The summed E-state index contributed by atoms with van der Waals surface area (Å²) in [6, 6.07) is 1.88. The highest BCUT2D eigenvalue weighted by Crippen LogP contribution is 2.21. The average molecular weight is 267 g/mol. The maximum absolute atomic E-state index is 6.07. The molecule has 0 amide bonds. The van der Waals surface area contributed by atoms with Gasteiger partial charge in [0.1, 0.15) is 28.8 Å². The first-order chi connectivity index (χ1) is 8.70. The third kappa shape index (κ3) is 2.98. The molecule has 2 aromatic heterocycles. The zero-order valence-corrected chi connectivity index (χ0v) is 11.2. The molecule has 5 nitrogen and oxygen atoms in total. The number of hydrogen-bond acceptors (Lipinski definition) is 5. The molecule has 0 atom stereocenters. The summed E-state index contributed by atoms with van der Waals surface area (Å²) in [6.45, 7) is 4.51. The van der Waals surface area contributed by atoms with Crippen LogP contribution in [0.15, 0.2) is 16.9 Å². The van der Waals surface area contributed by atoms with Crippen molar-refractivity contribution >= 4 is 17.4 Å². The summed E-state index contributed by atoms with van der Waals surface area (Å²) in [4.78, 5) is 8.21. The van der Waals surface area contributed by atoms with Gasteiger partial charge in [0.05, 0.1) is 6.54 Å². The van der Waals surface area contributed by atoms with Gasteiger partial charge in [0, 0.05) is 11.6 Å². The SMILES string of the molecule is CCCc1c(Cl)ncnc1NCc1cc(C)on1. The molecule has 0 saturated heterocycles. The summed E-state index contributed by atoms with van der Waals surface area (Å²) in [5.74, 6) is 1.55. The Labute approximate surface area is 111 Å². The van der Waals surface area contributed by atoms with Gasteiger partial charge in [0.15, 0.2) is 0 Å². The Morgan fingerprint density at radius 3 is 2.89 bits per heavy atom. The Morgan fingerprint density at radius 1 is 1.39 bits per heavy atom. The van der Waals surface area contributed by atoms with Crippen LogP contribution in [-0.4, -0.2) is 15.1 Å². The van der Waals surface area contributed by atoms with Crippen LogP contribution in [0.2, 0.25) is 5.15 Å². The van der Waals surface area contributed by atoms with Crippen molar-refractivity contribution in [3.05, 3.63) is 34.6 Å². The zero-order valence-electron chi connectivity index (χ0n) is 10.4. The zero-order chi connectivity index (χ0) is 13.0. The fourth-order valence-electron chi connectivity index (χ4n) is 1.69. The van der Waals surface area contributed by atoms with Gasteiger partial charge >= 0.3 is 0 Å². The fourth-order valence-corrected chi connectivity index (χ4v) is 1.92. The van der Waals surface area contributed by atoms with Crippen molar-refractivity contribution < 1.29 is 4.52 Å². The Morgan fingerprint density at radius 2 is 2.22 bits per heavy atom. The highest BCUT2D eigenvalue weighted by atomic mass is 35.5. The number of nitrogens with zero attached hydrogens (tertiary/aromatic N) is 3. The summed E-state index contributed by atoms with van der Waals surface area (Å²) in [7, 11) is 0. The van der Waals surface area contributed by atoms with Crippen LogP contribution in [0.1, 0.15) is 30.4 Å². The molecule has 18 heavy (non-hydrogen) atoms. The van der Waals surface area contributed by atoms with Crippen molar-refractivity contribution in [3.8, 4) is 0 Å². The molecule has 0 aliphatic rings. The first-order valence-electron chi connectivity index (χ1n) is 5.86. The van der Waals surface area contributed by atoms with E-state index in [4.69, 9.17) is 16.1 Å². The summed E-state index contributed by atoms with van der Waals surface area (Å²) in [5, 5.41) is 7.63. The molecular formula is C12H15ClN4O. The van der Waals surface area contributed by atoms with Gasteiger partial charge < -0.3 is 9.84 Å². The van der Waals surface area contributed by atoms with Gasteiger partial charge in [0.2, 0.25) is 0 Å². The second kappa shape index (κ2) is 5.82. The average Bonchev–Trinajstić information content (AvgIpc) is 2.76. The molecule has 0 fully saturated rings. The summed E-state index contributed by atoms with van der Waals surface area (Å²) in [6.07, 6.45) is 3.29. The molecule has 2 rings (SSSR count). The maximum Gasteiger partial charge on any atom is 0.137 e. The van der Waals surface area contributed by atoms with Crippen LogP contribution in [0, 0.1) is 6.92 Å². The number of rotatable bonds is 5. The number of halogens is 1. The van der Waals surface area contributed by atoms with E-state index in [1.54, 1.807) is 0 Å². The summed E-state index contributed by atoms with van der Waals surface area (Å²) in [5.41, 5.74) is 1.78. The highest BCUT2D eigenvalue weighted by Gasteiger charge is 2.09. The number of hydrogen-bond donors (Lipinski definition) is 1. The van der Waals surface area contributed by atoms with Gasteiger partial charge in [0.25, 0.3) is 0 Å². The van der Waals surface area contributed by atoms with Crippen LogP contribution in [-0.2, 0) is 13.0 Å². The van der Waals surface area contributed by atoms with E-state index in [-0.39, 0.29) is 0 Å². The van der Waals surface area contributed by atoms with E-state index in [1.807, 2.05) is 13.0 Å². The summed E-state index contributed by atoms with van der Waals surface area (Å²) < 4.78 is 5.01. The Hall–Kier alpha value is -1.62. The Bertz CT molecular complexity index is 527. The van der Waals surface area contributed by atoms with Gasteiger partial charge in [-0.15, -0.1) is 0 Å². The van der Waals surface area contributed by atoms with Gasteiger partial charge in [-0.25, -0.2) is 9.97 Å². The van der Waals surface area contributed by atoms with Crippen LogP contribution >= 0.6 is 11.6 Å². The van der Waals surface area contributed by atoms with Gasteiger partial charge in [-0.1, -0.05) is 30.1 Å². The lowest BCUT2D eigenvalue weighted by Crippen LogP contribution is -2.06. The van der Waals surface area contributed by atoms with E-state index in [9.17, 15) is 0 Å². The minimum atomic E-state index is 0.505. The van der Waals surface area contributed by atoms with E-state index < -0.39 is 0 Å². The van der Waals surface area contributed by atoms with Crippen molar-refractivity contribution in [1.82, 2.24) is 15.1 Å². The van der Waals surface area contributed by atoms with E-state index >= 15 is 0 Å². The predicted octanol–water partition coefficient (Wildman–Crippen LogP) is 2.99. The van der Waals surface area contributed by atoms with Crippen molar-refractivity contribution in [2.75, 3.05) is 5.32 Å². The molecule has 0 spiro atoms. The van der Waals surface area contributed by atoms with Crippen LogP contribution in [0.3, 0.4) is 0 Å². The van der Waals surface area contributed by atoms with E-state index in [0.29, 0.717) is 11.7 Å². The van der Waals surface area contributed by atoms with Gasteiger partial charge in [-0.2, -0.15) is 0 Å². The summed E-state index contributed by atoms with van der Waals surface area (Å²) >= 11 is 6.07. The van der Waals surface area contributed by atoms with E-state index in [2.05, 4.69) is 27.4 Å². The lowest BCUT2D eigenvalue weighted by Gasteiger charge is -2.09. The fraction of sp³-hybridized carbons (Fsp3) is 0.417. The Kier molecular flexibility index (Phi) is 4.15. The molecule has 2 aromatic rings. The smallest absolute Gasteiger partial charge is 0.137 e. The molecular weight excluding hydrogens is 252 g/mol. The second-order valence-corrected chi connectivity index (χ2v) is 4.38. The van der Waals surface area contributed by atoms with E-state index in [1.165, 1.54) is 6.33 Å². The third-order valence-electron chi connectivity index (χ3n) is 2.51. The van der Waals surface area contributed by atoms with Crippen LogP contribution in [0.4, 0.5) is 5.82 Å². The molecule has 0 saturated carbocycles. The molecule has 0 unspecified atom stereocenters. The number of anilines is 1. The standard InChI is InChI=1S/C12H15ClN4O/c1-3-4-10-11(13)15-7-16-12(10)14-6-9-5-8(2)18-17-9/h5,7H,3-4,6H2,1-2H3,(H,14,15,16). The molecule has 0 aromatic carbocycles. The predicted molar refractivity (Wildman–Crippen MR) is 69.6 cm³/mol. The number of aromatic nitrogens is 3. The normalized spacial score (nSPS) is 10.6. The van der Waals surface area contributed by atoms with Crippen LogP contribution in [0.25, 0.3) is 0 Å². The lowest BCUT2D eigenvalue weighted by atomic mass is 10.2. The highest BCUT2D eigenvalue weighted by molar-refractivity contribution is 6.30. The maximum atomic E-state index is 6.07. The largest absolute Gasteiger partial charge is 0.364 e. The third-order valence-corrected chi connectivity index (χ3v) is 2.83. The monoisotopic (exact) mass is 266 g/mol. The van der Waals surface area contributed by atoms with Crippen molar-refractivity contribution in [1.29, 1.82) is 0 Å². The first kappa shape index (κ1) is 12.8. The Balaban J connectivity index is 2.11. The van der Waals surface area contributed by atoms with Crippen molar-refractivity contribution in [3.63, 3.8) is 0 Å². The molecule has 0 aliphatic carbocycles. The van der Waals surface area contributed by atoms with E-state index in [0.717, 1.165) is 35.7 Å². The molecule has 0 bridgehead atoms. The first-order valence-corrected chi connectivity index (χ1v) is 6.24. The van der Waals surface area contributed by atoms with Crippen LogP contribution in [0.5, 0.6) is 0 Å². The minimum Gasteiger partial charge on any atom is -0.364 e. The molecule has 1 N–H and O–H groups in total. The molecule has 0 radical (unpaired) electrons. The van der Waals surface area contributed by atoms with Gasteiger partial charge in [-0.05, 0) is 13.3 Å². The number of aryl methyl sites for hydroxylation is 1. The second-order valence-electron chi connectivity index (χ2n) is 4.02. The molecule has 6 heteroatoms. The topological polar surface area (TPSA) is 63.8 Å². The lowest BCUT2D eigenvalue weighted by molar-refractivity contribution is 0.391. The number of nitrogens with one attached hydrogen (secondary N) is 1. The minimum absolute atomic E-state index is 0.505. The van der Waals surface area contributed by atoms with Crippen molar-refractivity contribution in [2.24, 2.45) is 0 Å². The molecule has 0 aliphatic heterocycles. The van der Waals surface area contributed by atoms with Crippen molar-refractivity contribution in [2.45, 2.75) is 33.2 Å². The molecule has 96 valence electrons.